The second-order valence-electron chi connectivity index (χ2n) is 5.36. The molecule has 23 heavy (non-hydrogen) atoms. The first kappa shape index (κ1) is 15.9. The van der Waals surface area contributed by atoms with Crippen molar-refractivity contribution < 1.29 is 4.79 Å². The van der Waals surface area contributed by atoms with Gasteiger partial charge in [-0.15, -0.1) is 0 Å². The van der Waals surface area contributed by atoms with Gasteiger partial charge in [-0.05, 0) is 10.6 Å². The zero-order valence-corrected chi connectivity index (χ0v) is 14.3. The van der Waals surface area contributed by atoms with Gasteiger partial charge >= 0.3 is 0 Å². The van der Waals surface area contributed by atoms with Crippen LogP contribution in [0, 0.1) is 0 Å². The van der Waals surface area contributed by atoms with Crippen molar-refractivity contribution in [1.29, 1.82) is 0 Å². The molecule has 3 aromatic carbocycles. The molecule has 0 N–H and O–H groups in total. The Morgan fingerprint density at radius 3 is 1.52 bits per heavy atom. The maximum absolute atomic E-state index is 12.8. The zero-order chi connectivity index (χ0) is 16.1. The summed E-state index contributed by atoms with van der Waals surface area (Å²) in [5, 5.41) is 2.18. The average Bonchev–Trinajstić information content (AvgIpc) is 2.64. The number of Topliss-reactive ketones (excluding diaryl/α,β-unsaturated/α-hetero) is 1. The summed E-state index contributed by atoms with van der Waals surface area (Å²) in [4.78, 5) is 12.8. The predicted molar refractivity (Wildman–Crippen MR) is 102 cm³/mol. The molecule has 0 atom stereocenters. The van der Waals surface area contributed by atoms with Gasteiger partial charge < -0.3 is 0 Å². The first-order chi connectivity index (χ1) is 11.2. The second-order valence-corrected chi connectivity index (χ2v) is 10.1. The van der Waals surface area contributed by atoms with Crippen LogP contribution in [0.25, 0.3) is 0 Å². The van der Waals surface area contributed by atoms with Crippen molar-refractivity contribution in [3.63, 3.8) is 0 Å². The predicted octanol–water partition coefficient (Wildman–Crippen LogP) is 4.00. The van der Waals surface area contributed by atoms with Gasteiger partial charge in [-0.3, -0.25) is 4.79 Å². The minimum atomic E-state index is -2.16. The van der Waals surface area contributed by atoms with Crippen molar-refractivity contribution in [1.82, 2.24) is 0 Å². The van der Waals surface area contributed by atoms with Crippen molar-refractivity contribution in [3.05, 3.63) is 96.6 Å². The first-order valence-electron chi connectivity index (χ1n) is 7.49. The highest BCUT2D eigenvalue weighted by Crippen LogP contribution is 2.44. The molecule has 0 aliphatic heterocycles. The topological polar surface area (TPSA) is 17.1 Å². The quantitative estimate of drug-likeness (QED) is 0.517. The molecule has 0 fully saturated rings. The number of hydrogen-bond donors (Lipinski definition) is 0. The Bertz CT molecular complexity index is 786. The normalized spacial score (nSPS) is 11.1. The van der Waals surface area contributed by atoms with E-state index >= 15 is 0 Å². The van der Waals surface area contributed by atoms with Gasteiger partial charge in [0.2, 0.25) is 0 Å². The molecule has 0 unspecified atom stereocenters. The van der Waals surface area contributed by atoms with Crippen molar-refractivity contribution in [2.45, 2.75) is 0 Å². The summed E-state index contributed by atoms with van der Waals surface area (Å²) < 4.78 is 0. The van der Waals surface area contributed by atoms with Crippen LogP contribution in [-0.4, -0.2) is 11.9 Å². The number of benzene rings is 3. The third kappa shape index (κ3) is 3.50. The van der Waals surface area contributed by atoms with E-state index in [1.165, 1.54) is 0 Å². The lowest BCUT2D eigenvalue weighted by Gasteiger charge is -2.22. The summed E-state index contributed by atoms with van der Waals surface area (Å²) in [5.74, 6) is 0.113. The van der Waals surface area contributed by atoms with E-state index in [-0.39, 0.29) is 5.78 Å². The molecule has 0 aliphatic carbocycles. The summed E-state index contributed by atoms with van der Waals surface area (Å²) in [7, 11) is 0. The molecule has 1 nitrogen and oxygen atoms in total. The van der Waals surface area contributed by atoms with E-state index in [1.54, 1.807) is 0 Å². The smallest absolute Gasteiger partial charge is 0.168 e. The third-order valence-electron chi connectivity index (χ3n) is 3.81. The van der Waals surface area contributed by atoms with Gasteiger partial charge in [0, 0.05) is 17.8 Å². The fourth-order valence-electron chi connectivity index (χ4n) is 2.59. The largest absolute Gasteiger partial charge is 0.294 e. The van der Waals surface area contributed by atoms with E-state index in [0.29, 0.717) is 6.16 Å². The zero-order valence-electron chi connectivity index (χ0n) is 12.6. The fraction of sp³-hybridized carbons (Fsp3) is 0.0500. The molecule has 3 heteroatoms. The Kier molecular flexibility index (Phi) is 4.85. The Balaban J connectivity index is 2.04. The van der Waals surface area contributed by atoms with Crippen LogP contribution in [-0.2, 0) is 11.8 Å². The number of rotatable bonds is 5. The lowest BCUT2D eigenvalue weighted by atomic mass is 10.2. The van der Waals surface area contributed by atoms with Gasteiger partial charge in [0.1, 0.15) is 0 Å². The molecule has 0 aliphatic rings. The molecule has 0 saturated carbocycles. The number of carbonyl (C=O) groups is 1. The van der Waals surface area contributed by atoms with Crippen LogP contribution in [0.5, 0.6) is 0 Å². The summed E-state index contributed by atoms with van der Waals surface area (Å²) in [5.41, 5.74) is 0.730. The van der Waals surface area contributed by atoms with Crippen LogP contribution in [0.15, 0.2) is 91.0 Å². The molecule has 0 amide bonds. The highest BCUT2D eigenvalue weighted by atomic mass is 32.4. The minimum absolute atomic E-state index is 0.113. The van der Waals surface area contributed by atoms with E-state index in [9.17, 15) is 4.79 Å². The van der Waals surface area contributed by atoms with Gasteiger partial charge in [-0.2, -0.15) is 0 Å². The van der Waals surface area contributed by atoms with E-state index in [1.807, 2.05) is 91.0 Å². The summed E-state index contributed by atoms with van der Waals surface area (Å²) in [6.07, 6.45) is 0.375. The third-order valence-corrected chi connectivity index (χ3v) is 8.46. The maximum atomic E-state index is 12.8. The van der Waals surface area contributed by atoms with E-state index < -0.39 is 6.04 Å². The molecule has 3 aromatic rings. The standard InChI is InChI=1S/C20H17OPS/c21-20(17-10-4-1-5-11-17)16-22(23,18-12-6-2-7-13-18)19-14-8-3-9-15-19/h1-15H,16H2. The van der Waals surface area contributed by atoms with Crippen molar-refractivity contribution in [2.75, 3.05) is 6.16 Å². The maximum Gasteiger partial charge on any atom is 0.168 e. The van der Waals surface area contributed by atoms with Gasteiger partial charge in [-0.1, -0.05) is 103 Å². The summed E-state index contributed by atoms with van der Waals surface area (Å²) >= 11 is 6.10. The Labute approximate surface area is 142 Å². The molecule has 0 spiro atoms. The van der Waals surface area contributed by atoms with E-state index in [2.05, 4.69) is 0 Å². The number of hydrogen-bond acceptors (Lipinski definition) is 2. The monoisotopic (exact) mass is 336 g/mol. The Morgan fingerprint density at radius 1 is 0.696 bits per heavy atom. The van der Waals surface area contributed by atoms with Gasteiger partial charge in [-0.25, -0.2) is 0 Å². The molecule has 3 rings (SSSR count). The van der Waals surface area contributed by atoms with Crippen LogP contribution in [0.1, 0.15) is 10.4 Å². The molecular formula is C20H17OPS. The van der Waals surface area contributed by atoms with Crippen LogP contribution >= 0.6 is 6.04 Å². The Morgan fingerprint density at radius 2 is 1.09 bits per heavy atom. The van der Waals surface area contributed by atoms with Crippen molar-refractivity contribution in [2.24, 2.45) is 0 Å². The van der Waals surface area contributed by atoms with E-state index in [4.69, 9.17) is 11.8 Å². The molecule has 0 saturated heterocycles. The molecule has 0 heterocycles. The van der Waals surface area contributed by atoms with Gasteiger partial charge in [0.25, 0.3) is 0 Å². The van der Waals surface area contributed by atoms with Crippen molar-refractivity contribution >= 4 is 34.2 Å². The molecule has 0 radical (unpaired) electrons. The molecule has 0 bridgehead atoms. The first-order valence-corrected chi connectivity index (χ1v) is 10.5. The van der Waals surface area contributed by atoms with Crippen LogP contribution < -0.4 is 10.6 Å². The van der Waals surface area contributed by atoms with E-state index in [0.717, 1.165) is 16.2 Å². The van der Waals surface area contributed by atoms with Crippen LogP contribution in [0.4, 0.5) is 0 Å². The molecule has 0 aromatic heterocycles. The molecular weight excluding hydrogens is 319 g/mol. The lowest BCUT2D eigenvalue weighted by Crippen LogP contribution is -2.22. The van der Waals surface area contributed by atoms with Gasteiger partial charge in [0.15, 0.2) is 5.78 Å². The van der Waals surface area contributed by atoms with Crippen LogP contribution in [0.2, 0.25) is 0 Å². The summed E-state index contributed by atoms with van der Waals surface area (Å²) in [6, 6.07) is 27.4. The lowest BCUT2D eigenvalue weighted by molar-refractivity contribution is 0.102. The number of carbonyl (C=O) groups excluding carboxylic acids is 1. The fourth-order valence-corrected chi connectivity index (χ4v) is 6.23. The number of ketones is 1. The highest BCUT2D eigenvalue weighted by molar-refractivity contribution is 8.22. The second kappa shape index (κ2) is 7.04. The molecule has 114 valence electrons. The Hall–Kier alpha value is -2.02. The van der Waals surface area contributed by atoms with Crippen molar-refractivity contribution in [3.8, 4) is 0 Å². The average molecular weight is 336 g/mol. The highest BCUT2D eigenvalue weighted by Gasteiger charge is 2.25. The summed E-state index contributed by atoms with van der Waals surface area (Å²) in [6.45, 7) is 0. The van der Waals surface area contributed by atoms with Gasteiger partial charge in [0.05, 0.1) is 0 Å². The SMILES string of the molecule is O=C(CP(=S)(c1ccccc1)c1ccccc1)c1ccccc1. The van der Waals surface area contributed by atoms with Crippen LogP contribution in [0.3, 0.4) is 0 Å². The minimum Gasteiger partial charge on any atom is -0.294 e.